The van der Waals surface area contributed by atoms with Gasteiger partial charge in [0.25, 0.3) is 5.56 Å². The molecule has 0 spiro atoms. The van der Waals surface area contributed by atoms with E-state index in [0.29, 0.717) is 18.7 Å². The number of nitrogens with one attached hydrogen (secondary N) is 1. The summed E-state index contributed by atoms with van der Waals surface area (Å²) >= 11 is 0. The Hall–Kier alpha value is -2.54. The zero-order valence-corrected chi connectivity index (χ0v) is 10.8. The number of nitrogens with zero attached hydrogens (tertiary/aromatic N) is 4. The first-order chi connectivity index (χ1) is 9.76. The Balaban J connectivity index is 1.93. The van der Waals surface area contributed by atoms with Gasteiger partial charge in [-0.2, -0.15) is 0 Å². The number of H-pyrrole nitrogens is 1. The van der Waals surface area contributed by atoms with Crippen LogP contribution in [0, 0.1) is 0 Å². The van der Waals surface area contributed by atoms with Crippen molar-refractivity contribution in [1.29, 1.82) is 0 Å². The van der Waals surface area contributed by atoms with Gasteiger partial charge in [-0.3, -0.25) is 4.79 Å². The van der Waals surface area contributed by atoms with E-state index >= 15 is 0 Å². The second kappa shape index (κ2) is 5.22. The standard InChI is InChI=1S/C13H14N6O/c14-6-5-9-7-19(18-17-9)8-12-13(20)16-11-4-2-1-3-10(11)15-12/h1-4,7H,5-6,8,14H2,(H,16,20). The number of aromatic amines is 1. The number of para-hydroxylation sites is 2. The van der Waals surface area contributed by atoms with Crippen LogP contribution in [0.1, 0.15) is 11.4 Å². The van der Waals surface area contributed by atoms with E-state index in [0.717, 1.165) is 16.7 Å². The number of fused-ring (bicyclic) bond motifs is 1. The van der Waals surface area contributed by atoms with Crippen molar-refractivity contribution in [3.63, 3.8) is 0 Å². The maximum absolute atomic E-state index is 12.0. The molecule has 7 heteroatoms. The molecule has 102 valence electrons. The molecule has 0 aliphatic heterocycles. The summed E-state index contributed by atoms with van der Waals surface area (Å²) in [5.41, 5.74) is 7.96. The molecule has 1 aromatic carbocycles. The minimum atomic E-state index is -0.209. The minimum absolute atomic E-state index is 0.209. The topological polar surface area (TPSA) is 102 Å². The van der Waals surface area contributed by atoms with Gasteiger partial charge in [-0.25, -0.2) is 9.67 Å². The predicted octanol–water partition coefficient (Wildman–Crippen LogP) is 0.0641. The highest BCUT2D eigenvalue weighted by Gasteiger charge is 2.07. The molecule has 20 heavy (non-hydrogen) atoms. The van der Waals surface area contributed by atoms with Crippen LogP contribution in [0.4, 0.5) is 0 Å². The lowest BCUT2D eigenvalue weighted by Crippen LogP contribution is -2.18. The highest BCUT2D eigenvalue weighted by molar-refractivity contribution is 5.73. The molecule has 0 unspecified atom stereocenters. The fraction of sp³-hybridized carbons (Fsp3) is 0.231. The van der Waals surface area contributed by atoms with Gasteiger partial charge in [0.1, 0.15) is 5.69 Å². The highest BCUT2D eigenvalue weighted by Crippen LogP contribution is 2.06. The summed E-state index contributed by atoms with van der Waals surface area (Å²) in [6.45, 7) is 0.811. The van der Waals surface area contributed by atoms with Gasteiger partial charge < -0.3 is 10.7 Å². The lowest BCUT2D eigenvalue weighted by molar-refractivity contribution is 0.634. The van der Waals surface area contributed by atoms with E-state index in [9.17, 15) is 4.79 Å². The van der Waals surface area contributed by atoms with Crippen LogP contribution < -0.4 is 11.3 Å². The molecule has 3 aromatic rings. The molecular weight excluding hydrogens is 256 g/mol. The van der Waals surface area contributed by atoms with E-state index in [2.05, 4.69) is 20.3 Å². The third kappa shape index (κ3) is 2.43. The van der Waals surface area contributed by atoms with E-state index in [-0.39, 0.29) is 12.1 Å². The van der Waals surface area contributed by atoms with E-state index < -0.39 is 0 Å². The number of aromatic nitrogens is 5. The van der Waals surface area contributed by atoms with Crippen LogP contribution in [0.2, 0.25) is 0 Å². The Labute approximate surface area is 114 Å². The molecular formula is C13H14N6O. The van der Waals surface area contributed by atoms with Crippen LogP contribution in [0.3, 0.4) is 0 Å². The molecule has 0 saturated heterocycles. The molecule has 0 aliphatic carbocycles. The largest absolute Gasteiger partial charge is 0.330 e. The highest BCUT2D eigenvalue weighted by atomic mass is 16.1. The normalized spacial score (nSPS) is 11.1. The van der Waals surface area contributed by atoms with Crippen molar-refractivity contribution < 1.29 is 0 Å². The quantitative estimate of drug-likeness (QED) is 0.698. The van der Waals surface area contributed by atoms with Gasteiger partial charge in [0.15, 0.2) is 0 Å². The molecule has 3 rings (SSSR count). The molecule has 0 atom stereocenters. The average Bonchev–Trinajstić information content (AvgIpc) is 2.87. The minimum Gasteiger partial charge on any atom is -0.330 e. The van der Waals surface area contributed by atoms with E-state index in [4.69, 9.17) is 5.73 Å². The van der Waals surface area contributed by atoms with Gasteiger partial charge in [-0.1, -0.05) is 17.3 Å². The van der Waals surface area contributed by atoms with Crippen molar-refractivity contribution in [3.8, 4) is 0 Å². The van der Waals surface area contributed by atoms with Crippen molar-refractivity contribution in [3.05, 3.63) is 52.2 Å². The van der Waals surface area contributed by atoms with Crippen LogP contribution in [-0.4, -0.2) is 31.5 Å². The summed E-state index contributed by atoms with van der Waals surface area (Å²) in [5, 5.41) is 7.96. The Morgan fingerprint density at radius 3 is 3.00 bits per heavy atom. The molecule has 2 heterocycles. The van der Waals surface area contributed by atoms with Gasteiger partial charge >= 0.3 is 0 Å². The van der Waals surface area contributed by atoms with Crippen molar-refractivity contribution >= 4 is 11.0 Å². The summed E-state index contributed by atoms with van der Waals surface area (Å²) in [6, 6.07) is 7.42. The third-order valence-electron chi connectivity index (χ3n) is 2.97. The zero-order chi connectivity index (χ0) is 13.9. The lowest BCUT2D eigenvalue weighted by atomic mass is 10.3. The first-order valence-corrected chi connectivity index (χ1v) is 6.33. The van der Waals surface area contributed by atoms with Gasteiger partial charge in [0, 0.05) is 12.6 Å². The summed E-state index contributed by atoms with van der Waals surface area (Å²) in [5.74, 6) is 0. The first kappa shape index (κ1) is 12.5. The number of hydrogen-bond acceptors (Lipinski definition) is 5. The molecule has 0 aliphatic rings. The van der Waals surface area contributed by atoms with Gasteiger partial charge in [0.05, 0.1) is 23.3 Å². The SMILES string of the molecule is NCCc1cn(Cc2nc3ccccc3[nH]c2=O)nn1. The number of nitrogens with two attached hydrogens (primary N) is 1. The summed E-state index contributed by atoms with van der Waals surface area (Å²) in [7, 11) is 0. The van der Waals surface area contributed by atoms with Gasteiger partial charge in [-0.15, -0.1) is 5.10 Å². The maximum Gasteiger partial charge on any atom is 0.272 e. The van der Waals surface area contributed by atoms with Gasteiger partial charge in [-0.05, 0) is 18.7 Å². The smallest absolute Gasteiger partial charge is 0.272 e. The van der Waals surface area contributed by atoms with Crippen LogP contribution in [-0.2, 0) is 13.0 Å². The molecule has 0 radical (unpaired) electrons. The summed E-state index contributed by atoms with van der Waals surface area (Å²) in [6.07, 6.45) is 2.45. The van der Waals surface area contributed by atoms with Crippen LogP contribution in [0.25, 0.3) is 11.0 Å². The van der Waals surface area contributed by atoms with E-state index in [1.807, 2.05) is 24.3 Å². The summed E-state index contributed by atoms with van der Waals surface area (Å²) < 4.78 is 1.59. The number of hydrogen-bond donors (Lipinski definition) is 2. The Kier molecular flexibility index (Phi) is 3.26. The van der Waals surface area contributed by atoms with Crippen molar-refractivity contribution in [2.45, 2.75) is 13.0 Å². The Morgan fingerprint density at radius 2 is 2.15 bits per heavy atom. The summed E-state index contributed by atoms with van der Waals surface area (Å²) in [4.78, 5) is 19.1. The second-order valence-electron chi connectivity index (χ2n) is 4.48. The lowest BCUT2D eigenvalue weighted by Gasteiger charge is -2.02. The number of benzene rings is 1. The average molecular weight is 270 g/mol. The monoisotopic (exact) mass is 270 g/mol. The second-order valence-corrected chi connectivity index (χ2v) is 4.48. The molecule has 0 fully saturated rings. The van der Waals surface area contributed by atoms with Crippen molar-refractivity contribution in [2.24, 2.45) is 5.73 Å². The van der Waals surface area contributed by atoms with E-state index in [1.165, 1.54) is 0 Å². The zero-order valence-electron chi connectivity index (χ0n) is 10.8. The van der Waals surface area contributed by atoms with Crippen molar-refractivity contribution in [2.75, 3.05) is 6.54 Å². The molecule has 3 N–H and O–H groups in total. The molecule has 2 aromatic heterocycles. The Morgan fingerprint density at radius 1 is 1.30 bits per heavy atom. The fourth-order valence-corrected chi connectivity index (χ4v) is 2.01. The first-order valence-electron chi connectivity index (χ1n) is 6.33. The molecule has 0 amide bonds. The van der Waals surface area contributed by atoms with Gasteiger partial charge in [0.2, 0.25) is 0 Å². The maximum atomic E-state index is 12.0. The van der Waals surface area contributed by atoms with Crippen LogP contribution in [0.15, 0.2) is 35.3 Å². The van der Waals surface area contributed by atoms with E-state index in [1.54, 1.807) is 10.9 Å². The number of rotatable bonds is 4. The molecule has 0 bridgehead atoms. The molecule has 7 nitrogen and oxygen atoms in total. The predicted molar refractivity (Wildman–Crippen MR) is 74.2 cm³/mol. The fourth-order valence-electron chi connectivity index (χ4n) is 2.01. The Bertz CT molecular complexity index is 791. The molecule has 0 saturated carbocycles. The third-order valence-corrected chi connectivity index (χ3v) is 2.97. The van der Waals surface area contributed by atoms with Crippen LogP contribution >= 0.6 is 0 Å². The van der Waals surface area contributed by atoms with Crippen LogP contribution in [0.5, 0.6) is 0 Å². The van der Waals surface area contributed by atoms with Crippen molar-refractivity contribution in [1.82, 2.24) is 25.0 Å².